The minimum absolute atomic E-state index is 0.0163. The Morgan fingerprint density at radius 3 is 2.47 bits per heavy atom. The van der Waals surface area contributed by atoms with E-state index in [1.54, 1.807) is 26.0 Å². The molecule has 0 amide bonds. The molecule has 43 heavy (non-hydrogen) atoms. The van der Waals surface area contributed by atoms with Gasteiger partial charge in [-0.1, -0.05) is 25.1 Å². The molecule has 0 fully saturated rings. The van der Waals surface area contributed by atoms with Crippen LogP contribution in [0.2, 0.25) is 0 Å². The molecule has 0 spiro atoms. The van der Waals surface area contributed by atoms with Gasteiger partial charge in [0.1, 0.15) is 52.2 Å². The summed E-state index contributed by atoms with van der Waals surface area (Å²) in [5.41, 5.74) is 6.83. The van der Waals surface area contributed by atoms with E-state index in [4.69, 9.17) is 20.0 Å². The van der Waals surface area contributed by atoms with Crippen molar-refractivity contribution in [1.82, 2.24) is 19.7 Å². The number of nitrogens with two attached hydrogens (primary N) is 1. The van der Waals surface area contributed by atoms with Crippen molar-refractivity contribution in [3.8, 4) is 28.1 Å². The van der Waals surface area contributed by atoms with Crippen molar-refractivity contribution < 1.29 is 22.3 Å². The lowest BCUT2D eigenvalue weighted by atomic mass is 9.97. The Labute approximate surface area is 243 Å². The molecule has 1 unspecified atom stereocenters. The van der Waals surface area contributed by atoms with Crippen LogP contribution in [0.3, 0.4) is 0 Å². The van der Waals surface area contributed by atoms with Crippen molar-refractivity contribution in [3.05, 3.63) is 100 Å². The first-order chi connectivity index (χ1) is 20.7. The minimum atomic E-state index is -0.794. The van der Waals surface area contributed by atoms with Gasteiger partial charge in [-0.2, -0.15) is 5.10 Å². The van der Waals surface area contributed by atoms with E-state index in [-0.39, 0.29) is 45.5 Å². The Morgan fingerprint density at radius 2 is 1.74 bits per heavy atom. The van der Waals surface area contributed by atoms with E-state index in [0.29, 0.717) is 28.7 Å². The van der Waals surface area contributed by atoms with Crippen LogP contribution in [-0.4, -0.2) is 25.9 Å². The zero-order valence-electron chi connectivity index (χ0n) is 23.4. The van der Waals surface area contributed by atoms with Crippen LogP contribution in [-0.2, 0) is 0 Å². The van der Waals surface area contributed by atoms with Crippen molar-refractivity contribution in [2.45, 2.75) is 39.3 Å². The maximum atomic E-state index is 15.1. The van der Waals surface area contributed by atoms with Crippen LogP contribution in [0, 0.1) is 17.5 Å². The quantitative estimate of drug-likeness (QED) is 0.214. The largest absolute Gasteiger partial charge is 0.488 e. The maximum Gasteiger partial charge on any atom is 0.203 e. The van der Waals surface area contributed by atoms with Crippen LogP contribution >= 0.6 is 0 Å². The Balaban J connectivity index is 1.63. The molecule has 218 valence electrons. The highest BCUT2D eigenvalue weighted by molar-refractivity contribution is 5.98. The van der Waals surface area contributed by atoms with E-state index >= 15 is 4.39 Å². The lowest BCUT2D eigenvalue weighted by Gasteiger charge is -2.19. The molecule has 3 heterocycles. The number of benzene rings is 3. The molecule has 8 nitrogen and oxygen atoms in total. The molecular formula is C32H26F3N5O3. The Hall–Kier alpha value is -5.19. The van der Waals surface area contributed by atoms with Gasteiger partial charge in [0.05, 0.1) is 17.1 Å². The van der Waals surface area contributed by atoms with E-state index < -0.39 is 28.9 Å². The fraction of sp³-hybridized carbons (Fsp3) is 0.188. The number of aromatic nitrogens is 4. The van der Waals surface area contributed by atoms with Gasteiger partial charge in [0.15, 0.2) is 17.2 Å². The first-order valence-corrected chi connectivity index (χ1v) is 13.6. The number of nitrogen functional groups attached to an aromatic ring is 1. The van der Waals surface area contributed by atoms with E-state index in [1.807, 2.05) is 6.92 Å². The van der Waals surface area contributed by atoms with Crippen molar-refractivity contribution in [3.63, 3.8) is 0 Å². The second-order valence-corrected chi connectivity index (χ2v) is 10.3. The lowest BCUT2D eigenvalue weighted by Crippen LogP contribution is -2.18. The van der Waals surface area contributed by atoms with Crippen molar-refractivity contribution in [2.24, 2.45) is 0 Å². The molecule has 1 atom stereocenters. The lowest BCUT2D eigenvalue weighted by molar-refractivity contribution is 0.231. The first kappa shape index (κ1) is 28.0. The standard InChI is InChI=1S/C32H26F3N5O3/c1-4-22(30-25(17-7-5-8-19(33)13-17)29(41)26-20(34)9-6-10-24(26)43-30)40-32-27(31(36)37-15-38-32)28(39-40)18-11-12-23(21(35)14-18)42-16(2)3/h5-16,22H,4H2,1-3H3,(H2,36,37,38). The van der Waals surface area contributed by atoms with Gasteiger partial charge < -0.3 is 14.9 Å². The summed E-state index contributed by atoms with van der Waals surface area (Å²) in [5.74, 6) is -1.62. The predicted octanol–water partition coefficient (Wildman–Crippen LogP) is 7.05. The number of hydrogen-bond acceptors (Lipinski definition) is 7. The number of nitrogens with zero attached hydrogens (tertiary/aromatic N) is 4. The summed E-state index contributed by atoms with van der Waals surface area (Å²) >= 11 is 0. The number of ether oxygens (including phenoxy) is 1. The fourth-order valence-electron chi connectivity index (χ4n) is 5.25. The molecule has 0 aliphatic heterocycles. The Morgan fingerprint density at radius 1 is 0.953 bits per heavy atom. The molecule has 0 radical (unpaired) electrons. The van der Waals surface area contributed by atoms with Crippen LogP contribution in [0.5, 0.6) is 5.75 Å². The summed E-state index contributed by atoms with van der Waals surface area (Å²) in [5, 5.41) is 4.90. The number of rotatable bonds is 7. The molecule has 11 heteroatoms. The van der Waals surface area contributed by atoms with Gasteiger partial charge in [-0.15, -0.1) is 0 Å². The molecule has 0 saturated carbocycles. The SMILES string of the molecule is CCC(c1oc2cccc(F)c2c(=O)c1-c1cccc(F)c1)n1nc(-c2ccc(OC(C)C)c(F)c2)c2c(N)ncnc21. The third-order valence-electron chi connectivity index (χ3n) is 7.08. The van der Waals surface area contributed by atoms with Gasteiger partial charge in [0, 0.05) is 5.56 Å². The molecule has 3 aromatic carbocycles. The third kappa shape index (κ3) is 4.86. The maximum absolute atomic E-state index is 15.1. The van der Waals surface area contributed by atoms with E-state index in [0.717, 1.165) is 6.07 Å². The highest BCUT2D eigenvalue weighted by atomic mass is 19.1. The van der Waals surface area contributed by atoms with Crippen molar-refractivity contribution in [1.29, 1.82) is 0 Å². The molecule has 3 aromatic heterocycles. The second kappa shape index (κ2) is 10.9. The summed E-state index contributed by atoms with van der Waals surface area (Å²) < 4.78 is 57.7. The highest BCUT2D eigenvalue weighted by Crippen LogP contribution is 2.38. The van der Waals surface area contributed by atoms with Crippen molar-refractivity contribution >= 4 is 27.8 Å². The van der Waals surface area contributed by atoms with Crippen LogP contribution in [0.15, 0.2) is 76.2 Å². The van der Waals surface area contributed by atoms with Gasteiger partial charge in [-0.25, -0.2) is 27.8 Å². The smallest absolute Gasteiger partial charge is 0.203 e. The number of halogens is 3. The predicted molar refractivity (Wildman–Crippen MR) is 157 cm³/mol. The van der Waals surface area contributed by atoms with Gasteiger partial charge >= 0.3 is 0 Å². The van der Waals surface area contributed by atoms with Gasteiger partial charge in [0.2, 0.25) is 5.43 Å². The summed E-state index contributed by atoms with van der Waals surface area (Å²) in [6.07, 6.45) is 1.36. The highest BCUT2D eigenvalue weighted by Gasteiger charge is 2.29. The summed E-state index contributed by atoms with van der Waals surface area (Å²) in [7, 11) is 0. The average molecular weight is 586 g/mol. The molecular weight excluding hydrogens is 559 g/mol. The Bertz CT molecular complexity index is 2070. The molecule has 0 aliphatic carbocycles. The van der Waals surface area contributed by atoms with E-state index in [1.165, 1.54) is 53.5 Å². The number of anilines is 1. The number of fused-ring (bicyclic) bond motifs is 2. The molecule has 6 aromatic rings. The third-order valence-corrected chi connectivity index (χ3v) is 7.08. The average Bonchev–Trinajstić information content (AvgIpc) is 3.35. The first-order valence-electron chi connectivity index (χ1n) is 13.6. The molecule has 0 bridgehead atoms. The monoisotopic (exact) mass is 585 g/mol. The molecule has 0 saturated heterocycles. The Kier molecular flexibility index (Phi) is 7.09. The summed E-state index contributed by atoms with van der Waals surface area (Å²) in [6.45, 7) is 5.43. The zero-order valence-corrected chi connectivity index (χ0v) is 23.4. The van der Waals surface area contributed by atoms with Gasteiger partial charge in [0.25, 0.3) is 0 Å². The van der Waals surface area contributed by atoms with E-state index in [2.05, 4.69) is 9.97 Å². The summed E-state index contributed by atoms with van der Waals surface area (Å²) in [6, 6.07) is 13.2. The van der Waals surface area contributed by atoms with E-state index in [9.17, 15) is 13.6 Å². The van der Waals surface area contributed by atoms with Gasteiger partial charge in [-0.05, 0) is 68.3 Å². The van der Waals surface area contributed by atoms with Crippen LogP contribution < -0.4 is 15.9 Å². The van der Waals surface area contributed by atoms with Crippen LogP contribution in [0.25, 0.3) is 44.4 Å². The number of hydrogen-bond donors (Lipinski definition) is 1. The van der Waals surface area contributed by atoms with Gasteiger partial charge in [-0.3, -0.25) is 4.79 Å². The topological polar surface area (TPSA) is 109 Å². The second-order valence-electron chi connectivity index (χ2n) is 10.3. The summed E-state index contributed by atoms with van der Waals surface area (Å²) in [4.78, 5) is 22.4. The van der Waals surface area contributed by atoms with Crippen LogP contribution in [0.1, 0.15) is 39.0 Å². The molecule has 2 N–H and O–H groups in total. The zero-order chi connectivity index (χ0) is 30.4. The van der Waals surface area contributed by atoms with Crippen molar-refractivity contribution in [2.75, 3.05) is 5.73 Å². The molecule has 0 aliphatic rings. The fourth-order valence-corrected chi connectivity index (χ4v) is 5.25. The molecule has 6 rings (SSSR count). The minimum Gasteiger partial charge on any atom is -0.488 e. The van der Waals surface area contributed by atoms with Crippen LogP contribution in [0.4, 0.5) is 19.0 Å². The normalized spacial score (nSPS) is 12.3.